The number of hydrazine groups is 1. The number of aromatic nitrogens is 2. The summed E-state index contributed by atoms with van der Waals surface area (Å²) in [6.07, 6.45) is 0. The number of nitrogens with zero attached hydrogens (tertiary/aromatic N) is 4. The van der Waals surface area contributed by atoms with Gasteiger partial charge in [-0.1, -0.05) is 27.7 Å². The van der Waals surface area contributed by atoms with Crippen LogP contribution in [0.4, 0.5) is 11.6 Å². The second kappa shape index (κ2) is 5.93. The Kier molecular flexibility index (Phi) is 4.45. The van der Waals surface area contributed by atoms with E-state index in [0.29, 0.717) is 5.82 Å². The van der Waals surface area contributed by atoms with Crippen LogP contribution in [0.3, 0.4) is 0 Å². The summed E-state index contributed by atoms with van der Waals surface area (Å²) in [5.74, 6) is 8.00. The van der Waals surface area contributed by atoms with Crippen molar-refractivity contribution in [2.24, 2.45) is 5.84 Å². The topological polar surface area (TPSA) is 70.3 Å². The van der Waals surface area contributed by atoms with Crippen molar-refractivity contribution in [2.75, 3.05) is 43.0 Å². The van der Waals surface area contributed by atoms with Crippen LogP contribution in [0.1, 0.15) is 33.5 Å². The maximum Gasteiger partial charge on any atom is 0.145 e. The lowest BCUT2D eigenvalue weighted by Crippen LogP contribution is -2.46. The summed E-state index contributed by atoms with van der Waals surface area (Å²) in [5.41, 5.74) is 2.56. The summed E-state index contributed by atoms with van der Waals surface area (Å²) >= 11 is 0. The van der Waals surface area contributed by atoms with Crippen molar-refractivity contribution in [1.29, 1.82) is 0 Å². The molecule has 1 aliphatic rings. The Bertz CT molecular complexity index is 445. The molecule has 0 atom stereocenters. The van der Waals surface area contributed by atoms with Crippen LogP contribution in [0, 0.1) is 0 Å². The first-order valence-electron chi connectivity index (χ1n) is 7.27. The van der Waals surface area contributed by atoms with Crippen molar-refractivity contribution < 1.29 is 0 Å². The molecular formula is C14H26N6. The molecule has 0 unspecified atom stereocenters. The quantitative estimate of drug-likeness (QED) is 0.639. The summed E-state index contributed by atoms with van der Waals surface area (Å²) in [4.78, 5) is 14.0. The molecule has 6 heteroatoms. The van der Waals surface area contributed by atoms with Crippen LogP contribution in [0.5, 0.6) is 0 Å². The maximum absolute atomic E-state index is 5.54. The van der Waals surface area contributed by atoms with Crippen LogP contribution in [0.2, 0.25) is 0 Å². The smallest absolute Gasteiger partial charge is 0.145 e. The van der Waals surface area contributed by atoms with Gasteiger partial charge in [-0.25, -0.2) is 15.8 Å². The van der Waals surface area contributed by atoms with Crippen LogP contribution in [-0.2, 0) is 5.41 Å². The van der Waals surface area contributed by atoms with Gasteiger partial charge < -0.3 is 15.2 Å². The highest BCUT2D eigenvalue weighted by Crippen LogP contribution is 2.24. The van der Waals surface area contributed by atoms with Gasteiger partial charge in [0, 0.05) is 37.7 Å². The fourth-order valence-corrected chi connectivity index (χ4v) is 2.30. The van der Waals surface area contributed by atoms with Crippen molar-refractivity contribution in [3.8, 4) is 0 Å². The molecule has 0 amide bonds. The molecule has 20 heavy (non-hydrogen) atoms. The molecule has 0 radical (unpaired) electrons. The van der Waals surface area contributed by atoms with Crippen molar-refractivity contribution in [3.05, 3.63) is 11.9 Å². The largest absolute Gasteiger partial charge is 0.354 e. The van der Waals surface area contributed by atoms with E-state index in [1.54, 1.807) is 0 Å². The predicted molar refractivity (Wildman–Crippen MR) is 82.9 cm³/mol. The molecule has 0 aliphatic carbocycles. The first-order chi connectivity index (χ1) is 9.44. The molecule has 0 aromatic carbocycles. The first-order valence-corrected chi connectivity index (χ1v) is 7.27. The molecule has 112 valence electrons. The van der Waals surface area contributed by atoms with Crippen molar-refractivity contribution in [2.45, 2.75) is 33.1 Å². The minimum Gasteiger partial charge on any atom is -0.354 e. The highest BCUT2D eigenvalue weighted by molar-refractivity contribution is 5.49. The molecule has 2 heterocycles. The molecule has 0 saturated carbocycles. The molecule has 1 aromatic rings. The van der Waals surface area contributed by atoms with Crippen LogP contribution < -0.4 is 16.2 Å². The highest BCUT2D eigenvalue weighted by atomic mass is 15.3. The number of nitrogens with two attached hydrogens (primary N) is 1. The molecule has 1 saturated heterocycles. The normalized spacial score (nSPS) is 17.4. The second-order valence-corrected chi connectivity index (χ2v) is 6.25. The third-order valence-electron chi connectivity index (χ3n) is 3.67. The number of piperazine rings is 1. The summed E-state index contributed by atoms with van der Waals surface area (Å²) in [6, 6.07) is 1.93. The number of hydrogen-bond acceptors (Lipinski definition) is 6. The van der Waals surface area contributed by atoms with E-state index in [4.69, 9.17) is 10.8 Å². The average Bonchev–Trinajstić information content (AvgIpc) is 2.46. The summed E-state index contributed by atoms with van der Waals surface area (Å²) in [6.45, 7) is 13.8. The highest BCUT2D eigenvalue weighted by Gasteiger charge is 2.22. The third-order valence-corrected chi connectivity index (χ3v) is 3.67. The number of rotatable bonds is 3. The van der Waals surface area contributed by atoms with E-state index >= 15 is 0 Å². The van der Waals surface area contributed by atoms with Gasteiger partial charge in [-0.2, -0.15) is 0 Å². The maximum atomic E-state index is 5.54. The van der Waals surface area contributed by atoms with Gasteiger partial charge in [0.1, 0.15) is 17.5 Å². The van der Waals surface area contributed by atoms with Gasteiger partial charge >= 0.3 is 0 Å². The lowest BCUT2D eigenvalue weighted by Gasteiger charge is -2.35. The Labute approximate surface area is 121 Å². The Hall–Kier alpha value is -1.40. The number of hydrogen-bond donors (Lipinski definition) is 2. The standard InChI is InChI=1S/C14H26N6/c1-5-19-6-8-20(9-7-19)12-10-11(18-15)16-13(17-12)14(2,3)4/h10H,5-9,15H2,1-4H3,(H,16,17,18). The average molecular weight is 278 g/mol. The molecule has 2 rings (SSSR count). The van der Waals surface area contributed by atoms with Gasteiger partial charge in [0.15, 0.2) is 0 Å². The molecule has 3 N–H and O–H groups in total. The fourth-order valence-electron chi connectivity index (χ4n) is 2.30. The van der Waals surface area contributed by atoms with Gasteiger partial charge in [0.05, 0.1) is 0 Å². The zero-order valence-electron chi connectivity index (χ0n) is 13.0. The molecule has 1 aromatic heterocycles. The molecule has 0 bridgehead atoms. The zero-order chi connectivity index (χ0) is 14.8. The fraction of sp³-hybridized carbons (Fsp3) is 0.714. The monoisotopic (exact) mass is 278 g/mol. The van der Waals surface area contributed by atoms with Crippen LogP contribution in [-0.4, -0.2) is 47.6 Å². The van der Waals surface area contributed by atoms with E-state index < -0.39 is 0 Å². The number of nitrogens with one attached hydrogen (secondary N) is 1. The molecule has 6 nitrogen and oxygen atoms in total. The minimum absolute atomic E-state index is 0.0904. The van der Waals surface area contributed by atoms with E-state index in [1.165, 1.54) is 0 Å². The molecular weight excluding hydrogens is 252 g/mol. The van der Waals surface area contributed by atoms with E-state index in [-0.39, 0.29) is 5.41 Å². The minimum atomic E-state index is -0.0904. The summed E-state index contributed by atoms with van der Waals surface area (Å²) < 4.78 is 0. The number of likely N-dealkylation sites (N-methyl/N-ethyl adjacent to an activating group) is 1. The van der Waals surface area contributed by atoms with Gasteiger partial charge in [0.2, 0.25) is 0 Å². The van der Waals surface area contributed by atoms with Crippen LogP contribution in [0.25, 0.3) is 0 Å². The Balaban J connectivity index is 2.23. The van der Waals surface area contributed by atoms with E-state index in [9.17, 15) is 0 Å². The zero-order valence-corrected chi connectivity index (χ0v) is 13.0. The van der Waals surface area contributed by atoms with Crippen LogP contribution >= 0.6 is 0 Å². The summed E-state index contributed by atoms with van der Waals surface area (Å²) in [5, 5.41) is 0. The number of nitrogen functional groups attached to an aromatic ring is 1. The SMILES string of the molecule is CCN1CCN(c2cc(NN)nc(C(C)(C)C)n2)CC1. The third kappa shape index (κ3) is 3.37. The Morgan fingerprint density at radius 3 is 2.35 bits per heavy atom. The number of anilines is 2. The van der Waals surface area contributed by atoms with Crippen LogP contribution in [0.15, 0.2) is 6.07 Å². The van der Waals surface area contributed by atoms with Gasteiger partial charge in [0.25, 0.3) is 0 Å². The van der Waals surface area contributed by atoms with E-state index in [2.05, 4.69) is 47.9 Å². The molecule has 1 fully saturated rings. The Morgan fingerprint density at radius 2 is 1.85 bits per heavy atom. The van der Waals surface area contributed by atoms with Gasteiger partial charge in [-0.05, 0) is 6.54 Å². The van der Waals surface area contributed by atoms with Crippen molar-refractivity contribution in [1.82, 2.24) is 14.9 Å². The molecule has 0 spiro atoms. The van der Waals surface area contributed by atoms with Crippen molar-refractivity contribution in [3.63, 3.8) is 0 Å². The molecule has 1 aliphatic heterocycles. The van der Waals surface area contributed by atoms with Crippen molar-refractivity contribution >= 4 is 11.6 Å². The summed E-state index contributed by atoms with van der Waals surface area (Å²) in [7, 11) is 0. The second-order valence-electron chi connectivity index (χ2n) is 6.25. The van der Waals surface area contributed by atoms with Gasteiger partial charge in [-0.15, -0.1) is 0 Å². The van der Waals surface area contributed by atoms with E-state index in [1.807, 2.05) is 6.07 Å². The van der Waals surface area contributed by atoms with E-state index in [0.717, 1.165) is 44.4 Å². The predicted octanol–water partition coefficient (Wildman–Crippen LogP) is 1.20. The lowest BCUT2D eigenvalue weighted by atomic mass is 9.96. The Morgan fingerprint density at radius 1 is 1.20 bits per heavy atom. The van der Waals surface area contributed by atoms with Gasteiger partial charge in [-0.3, -0.25) is 0 Å². The lowest BCUT2D eigenvalue weighted by molar-refractivity contribution is 0.270. The first kappa shape index (κ1) is 15.0.